The van der Waals surface area contributed by atoms with Gasteiger partial charge in [0, 0.05) is 31.6 Å². The molecule has 0 saturated carbocycles. The van der Waals surface area contributed by atoms with Crippen LogP contribution in [0.3, 0.4) is 0 Å². The predicted octanol–water partition coefficient (Wildman–Crippen LogP) is 3.55. The summed E-state index contributed by atoms with van der Waals surface area (Å²) < 4.78 is 13.3. The average molecular weight is 370 g/mol. The maximum absolute atomic E-state index is 13.3. The van der Waals surface area contributed by atoms with Gasteiger partial charge in [0.1, 0.15) is 28.8 Å². The van der Waals surface area contributed by atoms with Gasteiger partial charge in [-0.25, -0.2) is 14.4 Å². The minimum atomic E-state index is -0.263. The lowest BCUT2D eigenvalue weighted by molar-refractivity contribution is -0.129. The Morgan fingerprint density at radius 1 is 1.27 bits per heavy atom. The number of likely N-dealkylation sites (N-methyl/N-ethyl adjacent to an activating group) is 1. The molecule has 3 heterocycles. The van der Waals surface area contributed by atoms with E-state index in [0.29, 0.717) is 0 Å². The smallest absolute Gasteiger partial charge is 0.244 e. The van der Waals surface area contributed by atoms with Gasteiger partial charge in [0.2, 0.25) is 5.91 Å². The van der Waals surface area contributed by atoms with Gasteiger partial charge in [-0.1, -0.05) is 12.1 Å². The molecule has 5 nitrogen and oxygen atoms in total. The molecule has 1 saturated heterocycles. The highest BCUT2D eigenvalue weighted by Gasteiger charge is 2.34. The van der Waals surface area contributed by atoms with Crippen LogP contribution in [0.15, 0.2) is 36.0 Å². The third kappa shape index (κ3) is 2.82. The van der Waals surface area contributed by atoms with Gasteiger partial charge in [-0.3, -0.25) is 4.79 Å². The van der Waals surface area contributed by atoms with Crippen LogP contribution in [0.4, 0.5) is 10.2 Å². The van der Waals surface area contributed by atoms with Crippen LogP contribution in [0.2, 0.25) is 0 Å². The largest absolute Gasteiger partial charge is 0.347 e. The second-order valence-corrected chi connectivity index (χ2v) is 7.48. The summed E-state index contributed by atoms with van der Waals surface area (Å²) in [5.74, 6) is 0.613. The van der Waals surface area contributed by atoms with Crippen molar-refractivity contribution in [2.24, 2.45) is 0 Å². The summed E-state index contributed by atoms with van der Waals surface area (Å²) in [6.45, 7) is 0.787. The van der Waals surface area contributed by atoms with E-state index in [1.807, 2.05) is 5.38 Å². The van der Waals surface area contributed by atoms with Crippen molar-refractivity contribution in [1.82, 2.24) is 14.9 Å². The normalized spacial score (nSPS) is 17.0. The van der Waals surface area contributed by atoms with Gasteiger partial charge in [0.15, 0.2) is 0 Å². The molecule has 2 aromatic heterocycles. The summed E-state index contributed by atoms with van der Waals surface area (Å²) in [7, 11) is 3.56. The van der Waals surface area contributed by atoms with E-state index in [1.54, 1.807) is 37.5 Å². The summed E-state index contributed by atoms with van der Waals surface area (Å²) in [4.78, 5) is 26.1. The molecule has 1 aliphatic rings. The first-order valence-electron chi connectivity index (χ1n) is 8.52. The van der Waals surface area contributed by atoms with E-state index < -0.39 is 0 Å². The third-order valence-electron chi connectivity index (χ3n) is 4.76. The molecule has 0 radical (unpaired) electrons. The highest BCUT2D eigenvalue weighted by Crippen LogP contribution is 2.39. The number of aromatic nitrogens is 2. The van der Waals surface area contributed by atoms with Crippen molar-refractivity contribution in [3.8, 4) is 11.1 Å². The Hall–Kier alpha value is -2.54. The first-order valence-corrected chi connectivity index (χ1v) is 9.40. The summed E-state index contributed by atoms with van der Waals surface area (Å²) >= 11 is 1.53. The fourth-order valence-electron chi connectivity index (χ4n) is 3.49. The minimum absolute atomic E-state index is 0.0906. The van der Waals surface area contributed by atoms with Gasteiger partial charge in [0.25, 0.3) is 0 Å². The van der Waals surface area contributed by atoms with E-state index in [0.717, 1.165) is 46.5 Å². The molecule has 134 valence electrons. The van der Waals surface area contributed by atoms with Gasteiger partial charge >= 0.3 is 0 Å². The Labute approximate surface area is 155 Å². The summed E-state index contributed by atoms with van der Waals surface area (Å²) in [6.07, 6.45) is 3.32. The van der Waals surface area contributed by atoms with Crippen LogP contribution in [0.1, 0.15) is 12.8 Å². The molecule has 1 unspecified atom stereocenters. The number of halogens is 1. The molecule has 1 atom stereocenters. The summed E-state index contributed by atoms with van der Waals surface area (Å²) in [5, 5.41) is 2.96. The van der Waals surface area contributed by atoms with Crippen LogP contribution in [0, 0.1) is 5.82 Å². The lowest BCUT2D eigenvalue weighted by atomic mass is 10.1. The number of amides is 1. The standard InChI is InChI=1S/C19H19FN4OS/c1-23(2)19(25)15-4-3-9-24(15)17-16-14(10-26-18(16)22-11-21-17)12-5-7-13(20)8-6-12/h5-8,10-11,15H,3-4,9H2,1-2H3. The topological polar surface area (TPSA) is 49.3 Å². The van der Waals surface area contributed by atoms with Gasteiger partial charge in [0.05, 0.1) is 5.39 Å². The Kier molecular flexibility index (Phi) is 4.32. The predicted molar refractivity (Wildman–Crippen MR) is 102 cm³/mol. The van der Waals surface area contributed by atoms with Crippen molar-refractivity contribution in [2.45, 2.75) is 18.9 Å². The Balaban J connectivity index is 1.84. The molecule has 1 aliphatic heterocycles. The highest BCUT2D eigenvalue weighted by molar-refractivity contribution is 7.17. The maximum Gasteiger partial charge on any atom is 0.244 e. The van der Waals surface area contributed by atoms with Crippen molar-refractivity contribution < 1.29 is 9.18 Å². The number of benzene rings is 1. The van der Waals surface area contributed by atoms with Crippen molar-refractivity contribution in [2.75, 3.05) is 25.5 Å². The second kappa shape index (κ2) is 6.64. The Morgan fingerprint density at radius 2 is 2.04 bits per heavy atom. The molecular formula is C19H19FN4OS. The van der Waals surface area contributed by atoms with Gasteiger partial charge < -0.3 is 9.80 Å². The van der Waals surface area contributed by atoms with E-state index in [4.69, 9.17) is 0 Å². The van der Waals surface area contributed by atoms with Gasteiger partial charge in [-0.15, -0.1) is 11.3 Å². The first kappa shape index (κ1) is 16.9. The molecule has 1 fully saturated rings. The quantitative estimate of drug-likeness (QED) is 0.707. The zero-order chi connectivity index (χ0) is 18.3. The van der Waals surface area contributed by atoms with Gasteiger partial charge in [-0.2, -0.15) is 0 Å². The number of fused-ring (bicyclic) bond motifs is 1. The number of thiophene rings is 1. The molecule has 1 aromatic carbocycles. The zero-order valence-electron chi connectivity index (χ0n) is 14.6. The first-order chi connectivity index (χ1) is 12.6. The van der Waals surface area contributed by atoms with Crippen LogP contribution in [-0.4, -0.2) is 47.5 Å². The average Bonchev–Trinajstić information content (AvgIpc) is 3.28. The lowest BCUT2D eigenvalue weighted by Gasteiger charge is -2.27. The van der Waals surface area contributed by atoms with Crippen molar-refractivity contribution in [3.05, 3.63) is 41.8 Å². The molecule has 0 N–H and O–H groups in total. The molecule has 26 heavy (non-hydrogen) atoms. The Morgan fingerprint density at radius 3 is 2.77 bits per heavy atom. The van der Waals surface area contributed by atoms with E-state index in [1.165, 1.54) is 23.5 Å². The van der Waals surface area contributed by atoms with Crippen molar-refractivity contribution >= 4 is 33.3 Å². The minimum Gasteiger partial charge on any atom is -0.347 e. The summed E-state index contributed by atoms with van der Waals surface area (Å²) in [5.41, 5.74) is 1.90. The molecule has 0 bridgehead atoms. The second-order valence-electron chi connectivity index (χ2n) is 6.62. The zero-order valence-corrected chi connectivity index (χ0v) is 15.5. The molecular weight excluding hydrogens is 351 g/mol. The van der Waals surface area contributed by atoms with E-state index in [2.05, 4.69) is 14.9 Å². The van der Waals surface area contributed by atoms with Crippen molar-refractivity contribution in [1.29, 1.82) is 0 Å². The fourth-order valence-corrected chi connectivity index (χ4v) is 4.40. The number of carbonyl (C=O) groups is 1. The number of hydrogen-bond acceptors (Lipinski definition) is 5. The summed E-state index contributed by atoms with van der Waals surface area (Å²) in [6, 6.07) is 6.23. The van der Waals surface area contributed by atoms with E-state index in [9.17, 15) is 9.18 Å². The van der Waals surface area contributed by atoms with Crippen LogP contribution in [0.25, 0.3) is 21.3 Å². The van der Waals surface area contributed by atoms with Crippen LogP contribution in [0.5, 0.6) is 0 Å². The van der Waals surface area contributed by atoms with Crippen LogP contribution >= 0.6 is 11.3 Å². The monoisotopic (exact) mass is 370 g/mol. The molecule has 3 aromatic rings. The van der Waals surface area contributed by atoms with Gasteiger partial charge in [-0.05, 0) is 30.5 Å². The molecule has 0 spiro atoms. The third-order valence-corrected chi connectivity index (χ3v) is 5.64. The maximum atomic E-state index is 13.3. The number of anilines is 1. The molecule has 0 aliphatic carbocycles. The van der Waals surface area contributed by atoms with E-state index >= 15 is 0 Å². The lowest BCUT2D eigenvalue weighted by Crippen LogP contribution is -2.43. The van der Waals surface area contributed by atoms with Crippen LogP contribution < -0.4 is 4.90 Å². The number of nitrogens with zero attached hydrogens (tertiary/aromatic N) is 4. The molecule has 7 heteroatoms. The van der Waals surface area contributed by atoms with E-state index in [-0.39, 0.29) is 17.8 Å². The number of carbonyl (C=O) groups excluding carboxylic acids is 1. The SMILES string of the molecule is CN(C)C(=O)C1CCCN1c1ncnc2scc(-c3ccc(F)cc3)c12. The fraction of sp³-hybridized carbons (Fsp3) is 0.316. The van der Waals surface area contributed by atoms with Crippen LogP contribution in [-0.2, 0) is 4.79 Å². The Bertz CT molecular complexity index is 954. The number of hydrogen-bond donors (Lipinski definition) is 0. The molecule has 4 rings (SSSR count). The molecule has 1 amide bonds. The van der Waals surface area contributed by atoms with Crippen molar-refractivity contribution in [3.63, 3.8) is 0 Å². The highest BCUT2D eigenvalue weighted by atomic mass is 32.1. The number of rotatable bonds is 3.